The molecule has 2 atom stereocenters. The maximum absolute atomic E-state index is 11.7. The standard InChI is InChI=1S/C11H16N2O3/c1-7-9(2-3-16-7)11(15)13-5-8-4-12-6-10(8)14/h2-3,8,10,12,14H,4-6H2,1H3,(H,13,15). The molecule has 2 rings (SSSR count). The predicted octanol–water partition coefficient (Wildman–Crippen LogP) is -0.102. The van der Waals surface area contributed by atoms with Gasteiger partial charge in [0, 0.05) is 25.6 Å². The molecule has 1 aliphatic rings. The third-order valence-electron chi connectivity index (χ3n) is 2.93. The minimum Gasteiger partial charge on any atom is -0.469 e. The fourth-order valence-corrected chi connectivity index (χ4v) is 1.87. The SMILES string of the molecule is Cc1occc1C(=O)NCC1CNCC1O. The summed E-state index contributed by atoms with van der Waals surface area (Å²) in [6.07, 6.45) is 1.13. The highest BCUT2D eigenvalue weighted by Crippen LogP contribution is 2.10. The number of β-amino-alcohol motifs (C(OH)–C–C–N with tert-alkyl or cyclic N) is 1. The first-order valence-corrected chi connectivity index (χ1v) is 5.39. The van der Waals surface area contributed by atoms with E-state index < -0.39 is 0 Å². The van der Waals surface area contributed by atoms with E-state index in [0.29, 0.717) is 24.4 Å². The normalized spacial score (nSPS) is 24.6. The minimum absolute atomic E-state index is 0.0937. The van der Waals surface area contributed by atoms with Gasteiger partial charge in [0.25, 0.3) is 5.91 Å². The maximum atomic E-state index is 11.7. The van der Waals surface area contributed by atoms with Crippen LogP contribution in [-0.2, 0) is 0 Å². The van der Waals surface area contributed by atoms with Crippen molar-refractivity contribution in [3.05, 3.63) is 23.7 Å². The summed E-state index contributed by atoms with van der Waals surface area (Å²) in [4.78, 5) is 11.7. The van der Waals surface area contributed by atoms with Crippen molar-refractivity contribution in [3.63, 3.8) is 0 Å². The minimum atomic E-state index is -0.370. The summed E-state index contributed by atoms with van der Waals surface area (Å²) in [5, 5.41) is 15.4. The second-order valence-electron chi connectivity index (χ2n) is 4.09. The highest BCUT2D eigenvalue weighted by atomic mass is 16.3. The third kappa shape index (κ3) is 2.25. The molecule has 0 saturated carbocycles. The van der Waals surface area contributed by atoms with Gasteiger partial charge < -0.3 is 20.2 Å². The quantitative estimate of drug-likeness (QED) is 0.670. The Morgan fingerprint density at radius 1 is 1.69 bits per heavy atom. The number of aryl methyl sites for hydroxylation is 1. The molecule has 1 fully saturated rings. The van der Waals surface area contributed by atoms with Gasteiger partial charge in [-0.15, -0.1) is 0 Å². The molecule has 1 amide bonds. The molecule has 1 aromatic heterocycles. The molecule has 88 valence electrons. The van der Waals surface area contributed by atoms with E-state index in [1.54, 1.807) is 13.0 Å². The number of carbonyl (C=O) groups is 1. The number of furan rings is 1. The Morgan fingerprint density at radius 2 is 2.50 bits per heavy atom. The molecular weight excluding hydrogens is 208 g/mol. The molecule has 0 aromatic carbocycles. The number of hydrogen-bond donors (Lipinski definition) is 3. The molecule has 0 aliphatic carbocycles. The zero-order valence-corrected chi connectivity index (χ0v) is 9.19. The first kappa shape index (κ1) is 11.2. The van der Waals surface area contributed by atoms with Crippen LogP contribution >= 0.6 is 0 Å². The lowest BCUT2D eigenvalue weighted by molar-refractivity contribution is 0.0925. The second kappa shape index (κ2) is 4.67. The van der Waals surface area contributed by atoms with Crippen LogP contribution in [0.15, 0.2) is 16.7 Å². The second-order valence-corrected chi connectivity index (χ2v) is 4.09. The van der Waals surface area contributed by atoms with Gasteiger partial charge in [-0.3, -0.25) is 4.79 Å². The zero-order valence-electron chi connectivity index (χ0n) is 9.19. The smallest absolute Gasteiger partial charge is 0.254 e. The van der Waals surface area contributed by atoms with Gasteiger partial charge in [0.1, 0.15) is 5.76 Å². The van der Waals surface area contributed by atoms with Gasteiger partial charge in [-0.25, -0.2) is 0 Å². The molecule has 5 heteroatoms. The Hall–Kier alpha value is -1.33. The third-order valence-corrected chi connectivity index (χ3v) is 2.93. The van der Waals surface area contributed by atoms with Crippen molar-refractivity contribution in [1.82, 2.24) is 10.6 Å². The average molecular weight is 224 g/mol. The monoisotopic (exact) mass is 224 g/mol. The highest BCUT2D eigenvalue weighted by Gasteiger charge is 2.25. The summed E-state index contributed by atoms with van der Waals surface area (Å²) < 4.78 is 5.06. The van der Waals surface area contributed by atoms with Crippen LogP contribution in [0.3, 0.4) is 0 Å². The van der Waals surface area contributed by atoms with Gasteiger partial charge in [-0.05, 0) is 13.0 Å². The molecule has 1 saturated heterocycles. The zero-order chi connectivity index (χ0) is 11.5. The van der Waals surface area contributed by atoms with Crippen LogP contribution in [-0.4, -0.2) is 36.8 Å². The van der Waals surface area contributed by atoms with E-state index in [-0.39, 0.29) is 17.9 Å². The van der Waals surface area contributed by atoms with E-state index in [0.717, 1.165) is 6.54 Å². The maximum Gasteiger partial charge on any atom is 0.254 e. The molecule has 1 aliphatic heterocycles. The van der Waals surface area contributed by atoms with Crippen molar-refractivity contribution >= 4 is 5.91 Å². The number of rotatable bonds is 3. The fourth-order valence-electron chi connectivity index (χ4n) is 1.87. The largest absolute Gasteiger partial charge is 0.469 e. The average Bonchev–Trinajstić information content (AvgIpc) is 2.84. The van der Waals surface area contributed by atoms with Crippen LogP contribution in [0, 0.1) is 12.8 Å². The molecule has 16 heavy (non-hydrogen) atoms. The Kier molecular flexibility index (Phi) is 3.26. The summed E-state index contributed by atoms with van der Waals surface area (Å²) in [7, 11) is 0. The van der Waals surface area contributed by atoms with Crippen LogP contribution in [0.2, 0.25) is 0 Å². The van der Waals surface area contributed by atoms with Crippen LogP contribution in [0.25, 0.3) is 0 Å². The van der Waals surface area contributed by atoms with Crippen molar-refractivity contribution in [2.45, 2.75) is 13.0 Å². The molecule has 2 unspecified atom stereocenters. The fraction of sp³-hybridized carbons (Fsp3) is 0.545. The Balaban J connectivity index is 1.86. The lowest BCUT2D eigenvalue weighted by Gasteiger charge is -2.13. The molecular formula is C11H16N2O3. The molecule has 0 spiro atoms. The van der Waals surface area contributed by atoms with Crippen LogP contribution in [0.4, 0.5) is 0 Å². The Morgan fingerprint density at radius 3 is 3.06 bits per heavy atom. The van der Waals surface area contributed by atoms with E-state index >= 15 is 0 Å². The number of hydrogen-bond acceptors (Lipinski definition) is 4. The number of nitrogens with one attached hydrogen (secondary N) is 2. The molecule has 2 heterocycles. The van der Waals surface area contributed by atoms with Crippen molar-refractivity contribution in [1.29, 1.82) is 0 Å². The van der Waals surface area contributed by atoms with Crippen LogP contribution < -0.4 is 10.6 Å². The number of carbonyl (C=O) groups excluding carboxylic acids is 1. The first-order valence-electron chi connectivity index (χ1n) is 5.39. The van der Waals surface area contributed by atoms with E-state index in [1.807, 2.05) is 0 Å². The van der Waals surface area contributed by atoms with E-state index in [4.69, 9.17) is 4.42 Å². The predicted molar refractivity (Wildman–Crippen MR) is 58.1 cm³/mol. The molecule has 0 radical (unpaired) electrons. The molecule has 0 bridgehead atoms. The molecule has 1 aromatic rings. The Bertz CT molecular complexity index is 375. The summed E-state index contributed by atoms with van der Waals surface area (Å²) in [6, 6.07) is 1.65. The van der Waals surface area contributed by atoms with Gasteiger partial charge in [0.05, 0.1) is 17.9 Å². The van der Waals surface area contributed by atoms with Gasteiger partial charge in [-0.1, -0.05) is 0 Å². The van der Waals surface area contributed by atoms with E-state index in [9.17, 15) is 9.90 Å². The van der Waals surface area contributed by atoms with E-state index in [1.165, 1.54) is 6.26 Å². The van der Waals surface area contributed by atoms with Crippen molar-refractivity contribution in [3.8, 4) is 0 Å². The number of aliphatic hydroxyl groups is 1. The summed E-state index contributed by atoms with van der Waals surface area (Å²) >= 11 is 0. The summed E-state index contributed by atoms with van der Waals surface area (Å²) in [6.45, 7) is 3.58. The summed E-state index contributed by atoms with van der Waals surface area (Å²) in [5.41, 5.74) is 0.556. The van der Waals surface area contributed by atoms with Crippen molar-refractivity contribution in [2.75, 3.05) is 19.6 Å². The van der Waals surface area contributed by atoms with Gasteiger partial charge in [0.15, 0.2) is 0 Å². The van der Waals surface area contributed by atoms with Crippen LogP contribution in [0.5, 0.6) is 0 Å². The topological polar surface area (TPSA) is 74.5 Å². The van der Waals surface area contributed by atoms with Gasteiger partial charge in [-0.2, -0.15) is 0 Å². The molecule has 5 nitrogen and oxygen atoms in total. The number of amides is 1. The lowest BCUT2D eigenvalue weighted by atomic mass is 10.1. The van der Waals surface area contributed by atoms with Crippen molar-refractivity contribution < 1.29 is 14.3 Å². The molecule has 3 N–H and O–H groups in total. The van der Waals surface area contributed by atoms with Crippen molar-refractivity contribution in [2.24, 2.45) is 5.92 Å². The Labute approximate surface area is 93.8 Å². The lowest BCUT2D eigenvalue weighted by Crippen LogP contribution is -2.34. The number of aliphatic hydroxyl groups excluding tert-OH is 1. The first-order chi connectivity index (χ1) is 7.68. The van der Waals surface area contributed by atoms with Gasteiger partial charge >= 0.3 is 0 Å². The summed E-state index contributed by atoms with van der Waals surface area (Å²) in [5.74, 6) is 0.559. The highest BCUT2D eigenvalue weighted by molar-refractivity contribution is 5.95. The van der Waals surface area contributed by atoms with Gasteiger partial charge in [0.2, 0.25) is 0 Å². The van der Waals surface area contributed by atoms with Crippen LogP contribution in [0.1, 0.15) is 16.1 Å². The van der Waals surface area contributed by atoms with E-state index in [2.05, 4.69) is 10.6 Å².